The van der Waals surface area contributed by atoms with Gasteiger partial charge in [-0.2, -0.15) is 0 Å². The number of carbonyl (C=O) groups excluding carboxylic acids is 1. The maximum absolute atomic E-state index is 11.6. The van der Waals surface area contributed by atoms with E-state index in [1.165, 1.54) is 77.0 Å². The zero-order valence-electron chi connectivity index (χ0n) is 30.2. The van der Waals surface area contributed by atoms with Crippen molar-refractivity contribution in [3.8, 4) is 0 Å². The fourth-order valence-corrected chi connectivity index (χ4v) is 4.35. The van der Waals surface area contributed by atoms with Crippen molar-refractivity contribution >= 4 is 34.9 Å². The summed E-state index contributed by atoms with van der Waals surface area (Å²) >= 11 is 4.10. The summed E-state index contributed by atoms with van der Waals surface area (Å²) in [6, 6.07) is 0. The Hall–Kier alpha value is -1.44. The molecule has 0 amide bonds. The lowest BCUT2D eigenvalue weighted by Crippen LogP contribution is -2.14. The van der Waals surface area contributed by atoms with E-state index in [-0.39, 0.29) is 12.4 Å². The minimum atomic E-state index is -0.250. The molecule has 0 aliphatic rings. The van der Waals surface area contributed by atoms with E-state index >= 15 is 0 Å². The van der Waals surface area contributed by atoms with Crippen molar-refractivity contribution < 1.29 is 19.4 Å². The van der Waals surface area contributed by atoms with Gasteiger partial charge in [0.1, 0.15) is 0 Å². The van der Waals surface area contributed by atoms with E-state index in [9.17, 15) is 4.79 Å². The average molecular weight is 672 g/mol. The quantitative estimate of drug-likeness (QED) is 0.0226. The second-order valence-corrected chi connectivity index (χ2v) is 12.1. The highest BCUT2D eigenvalue weighted by atomic mass is 33.1. The topological polar surface area (TPSA) is 66.8 Å². The lowest BCUT2D eigenvalue weighted by Gasteiger charge is -2.09. The van der Waals surface area contributed by atoms with Crippen LogP contribution < -0.4 is 0 Å². The number of ether oxygens (including phenoxy) is 1. The van der Waals surface area contributed by atoms with Gasteiger partial charge >= 0.3 is 5.97 Å². The minimum absolute atomic E-state index is 0.0433. The Bertz CT molecular complexity index is 664. The number of rotatable bonds is 27. The number of carbonyl (C=O) groups is 2. The number of allylic oxidation sites excluding steroid dienone is 7. The third-order valence-corrected chi connectivity index (χ3v) is 7.08. The van der Waals surface area contributed by atoms with Crippen LogP contribution in [0.3, 0.4) is 0 Å². The van der Waals surface area contributed by atoms with Gasteiger partial charge in [0.2, 0.25) is 0 Å². The van der Waals surface area contributed by atoms with E-state index in [0.717, 1.165) is 50.8 Å². The number of unbranched alkanes of at least 4 members (excludes halogenated alkanes) is 12. The SMILES string of the molecule is CC.CC/C=C\CCCC/C=C\CCCCC.CN(C)CCCCOC(=O)CCCC/C=C\CCCC/C=C\CSS.O=CO. The Morgan fingerprint density at radius 2 is 1.11 bits per heavy atom. The molecular formula is C38H73NO4S2. The Labute approximate surface area is 289 Å². The number of carboxylic acid groups (broad SMARTS) is 1. The summed E-state index contributed by atoms with van der Waals surface area (Å²) in [4.78, 5) is 22.1. The van der Waals surface area contributed by atoms with E-state index in [4.69, 9.17) is 14.6 Å². The smallest absolute Gasteiger partial charge is 0.305 e. The molecule has 0 aliphatic heterocycles. The lowest BCUT2D eigenvalue weighted by molar-refractivity contribution is -0.143. The van der Waals surface area contributed by atoms with Crippen molar-refractivity contribution in [2.75, 3.05) is 33.0 Å². The number of hydrogen-bond acceptors (Lipinski definition) is 6. The molecule has 45 heavy (non-hydrogen) atoms. The molecule has 0 aromatic rings. The van der Waals surface area contributed by atoms with E-state index < -0.39 is 0 Å². The molecule has 266 valence electrons. The third-order valence-electron chi connectivity index (χ3n) is 6.30. The molecule has 0 aromatic heterocycles. The summed E-state index contributed by atoms with van der Waals surface area (Å²) in [5.74, 6) is 0.950. The highest BCUT2D eigenvalue weighted by molar-refractivity contribution is 8.68. The average Bonchev–Trinajstić information content (AvgIpc) is 3.03. The molecule has 0 unspecified atom stereocenters. The summed E-state index contributed by atoms with van der Waals surface area (Å²) in [7, 11) is 5.67. The highest BCUT2D eigenvalue weighted by Gasteiger charge is 2.02. The normalized spacial score (nSPS) is 10.9. The molecule has 5 nitrogen and oxygen atoms in total. The number of nitrogens with zero attached hydrogens (tertiary/aromatic N) is 1. The molecule has 0 heterocycles. The Morgan fingerprint density at radius 3 is 1.53 bits per heavy atom. The molecule has 0 saturated carbocycles. The Morgan fingerprint density at radius 1 is 0.689 bits per heavy atom. The predicted octanol–water partition coefficient (Wildman–Crippen LogP) is 12.1. The van der Waals surface area contributed by atoms with Gasteiger partial charge in [-0.05, 0) is 123 Å². The van der Waals surface area contributed by atoms with E-state index in [1.54, 1.807) is 10.8 Å². The summed E-state index contributed by atoms with van der Waals surface area (Å²) in [6.45, 7) is 9.81. The van der Waals surface area contributed by atoms with Crippen molar-refractivity contribution in [2.45, 2.75) is 150 Å². The standard InChI is InChI=1S/C20H37NO2S2.C15H28.C2H6.CH2O2/c1-21(2)17-13-14-18-23-20(22)16-12-10-8-6-4-3-5-7-9-11-15-19-25-24;1-3-5-7-9-11-13-15-14-12-10-8-6-4-2;1-2;2-1-3/h4,6,11,15,24H,3,5,7-10,12-14,16-19H2,1-2H3;5,7,12,14H,3-4,6,8-11,13,15H2,1-2H3;1-2H3;1H,(H,2,3)/b6-4-,15-11-;7-5-,14-12-;;. The summed E-state index contributed by atoms with van der Waals surface area (Å²) in [5, 5.41) is 6.89. The Kier molecular flexibility index (Phi) is 58.4. The molecule has 0 spiro atoms. The fraction of sp³-hybridized carbons (Fsp3) is 0.737. The zero-order chi connectivity index (χ0) is 34.5. The van der Waals surface area contributed by atoms with Crippen LogP contribution in [0, 0.1) is 0 Å². The van der Waals surface area contributed by atoms with Gasteiger partial charge in [-0.3, -0.25) is 9.59 Å². The molecule has 0 aromatic carbocycles. The Balaban J connectivity index is -0.000000356. The van der Waals surface area contributed by atoms with Gasteiger partial charge < -0.3 is 14.7 Å². The first-order chi connectivity index (χ1) is 22.0. The first kappa shape index (κ1) is 50.4. The second-order valence-electron chi connectivity index (χ2n) is 10.7. The van der Waals surface area contributed by atoms with Gasteiger partial charge in [0.15, 0.2) is 0 Å². The molecule has 0 saturated heterocycles. The van der Waals surface area contributed by atoms with Crippen LogP contribution in [0.15, 0.2) is 48.6 Å². The molecule has 0 bridgehead atoms. The molecule has 0 aliphatic carbocycles. The molecular weight excluding hydrogens is 599 g/mol. The summed E-state index contributed by atoms with van der Waals surface area (Å²) < 4.78 is 5.24. The van der Waals surface area contributed by atoms with Gasteiger partial charge in [-0.15, -0.1) is 11.7 Å². The van der Waals surface area contributed by atoms with Crippen LogP contribution in [-0.4, -0.2) is 55.4 Å². The number of hydrogen-bond donors (Lipinski definition) is 2. The van der Waals surface area contributed by atoms with Crippen molar-refractivity contribution in [1.82, 2.24) is 4.90 Å². The largest absolute Gasteiger partial charge is 0.483 e. The van der Waals surface area contributed by atoms with Gasteiger partial charge in [0, 0.05) is 12.2 Å². The van der Waals surface area contributed by atoms with E-state index in [0.29, 0.717) is 13.0 Å². The number of thiol groups is 1. The van der Waals surface area contributed by atoms with Gasteiger partial charge in [0.05, 0.1) is 6.61 Å². The predicted molar refractivity (Wildman–Crippen MR) is 207 cm³/mol. The summed E-state index contributed by atoms with van der Waals surface area (Å²) in [6.07, 6.45) is 40.5. The van der Waals surface area contributed by atoms with Crippen LogP contribution in [0.4, 0.5) is 0 Å². The second kappa shape index (κ2) is 52.1. The van der Waals surface area contributed by atoms with Gasteiger partial charge in [0.25, 0.3) is 6.47 Å². The van der Waals surface area contributed by atoms with Crippen LogP contribution in [0.5, 0.6) is 0 Å². The maximum atomic E-state index is 11.6. The molecule has 0 radical (unpaired) electrons. The van der Waals surface area contributed by atoms with Gasteiger partial charge in [-0.1, -0.05) is 99.9 Å². The van der Waals surface area contributed by atoms with E-state index in [1.807, 2.05) is 13.8 Å². The van der Waals surface area contributed by atoms with Crippen LogP contribution in [0.25, 0.3) is 0 Å². The molecule has 7 heteroatoms. The zero-order valence-corrected chi connectivity index (χ0v) is 31.9. The molecule has 1 N–H and O–H groups in total. The maximum Gasteiger partial charge on any atom is 0.305 e. The van der Waals surface area contributed by atoms with Crippen LogP contribution in [-0.2, 0) is 14.3 Å². The highest BCUT2D eigenvalue weighted by Crippen LogP contribution is 2.08. The molecule has 0 fully saturated rings. The lowest BCUT2D eigenvalue weighted by atomic mass is 10.1. The first-order valence-electron chi connectivity index (χ1n) is 17.7. The van der Waals surface area contributed by atoms with Crippen molar-refractivity contribution in [2.24, 2.45) is 0 Å². The van der Waals surface area contributed by atoms with Crippen molar-refractivity contribution in [1.29, 1.82) is 0 Å². The first-order valence-corrected chi connectivity index (χ1v) is 19.8. The monoisotopic (exact) mass is 671 g/mol. The fourth-order valence-electron chi connectivity index (χ4n) is 3.87. The van der Waals surface area contributed by atoms with Crippen LogP contribution in [0.1, 0.15) is 150 Å². The molecule has 0 atom stereocenters. The van der Waals surface area contributed by atoms with Crippen LogP contribution >= 0.6 is 22.5 Å². The van der Waals surface area contributed by atoms with Crippen LogP contribution in [0.2, 0.25) is 0 Å². The number of esters is 1. The molecule has 0 rings (SSSR count). The third kappa shape index (κ3) is 62.2. The summed E-state index contributed by atoms with van der Waals surface area (Å²) in [5.41, 5.74) is 0. The van der Waals surface area contributed by atoms with Crippen molar-refractivity contribution in [3.63, 3.8) is 0 Å². The van der Waals surface area contributed by atoms with E-state index in [2.05, 4.69) is 93.1 Å². The van der Waals surface area contributed by atoms with Gasteiger partial charge in [-0.25, -0.2) is 0 Å². The minimum Gasteiger partial charge on any atom is -0.483 e. The van der Waals surface area contributed by atoms with Crippen molar-refractivity contribution in [3.05, 3.63) is 48.6 Å².